The molecule has 1 aromatic carbocycles. The average Bonchev–Trinajstić information content (AvgIpc) is 3.27. The van der Waals surface area contributed by atoms with Crippen molar-refractivity contribution < 1.29 is 4.79 Å². The van der Waals surface area contributed by atoms with E-state index in [4.69, 9.17) is 0 Å². The second-order valence-corrected chi connectivity index (χ2v) is 7.46. The van der Waals surface area contributed by atoms with E-state index in [0.29, 0.717) is 6.04 Å². The van der Waals surface area contributed by atoms with Crippen molar-refractivity contribution in [3.63, 3.8) is 0 Å². The van der Waals surface area contributed by atoms with E-state index in [1.54, 1.807) is 0 Å². The van der Waals surface area contributed by atoms with Gasteiger partial charge in [0.2, 0.25) is 5.91 Å². The van der Waals surface area contributed by atoms with Gasteiger partial charge in [-0.15, -0.1) is 10.2 Å². The highest BCUT2D eigenvalue weighted by molar-refractivity contribution is 8.00. The highest BCUT2D eigenvalue weighted by Crippen LogP contribution is 2.39. The van der Waals surface area contributed by atoms with Crippen molar-refractivity contribution in [2.24, 2.45) is 0 Å². The van der Waals surface area contributed by atoms with Crippen molar-refractivity contribution in [3.8, 4) is 0 Å². The third-order valence-corrected chi connectivity index (χ3v) is 5.18. The Morgan fingerprint density at radius 2 is 1.91 bits per heavy atom. The maximum Gasteiger partial charge on any atom is 0.237 e. The standard InChI is InChI=1S/C17H22N4OS/c1-10-6-5-7-11(2)15(10)18-16(22)12(3)23-17-20-19-13(4)21(17)14-8-9-14/h5-7,12,14H,8-9H2,1-4H3,(H,18,22)/t12-/m0/s1. The van der Waals surface area contributed by atoms with Crippen molar-refractivity contribution in [2.45, 2.75) is 57.0 Å². The molecule has 6 heteroatoms. The highest BCUT2D eigenvalue weighted by Gasteiger charge is 2.29. The van der Waals surface area contributed by atoms with Gasteiger partial charge in [0.25, 0.3) is 0 Å². The minimum absolute atomic E-state index is 0.00426. The van der Waals surface area contributed by atoms with Crippen LogP contribution in [0.5, 0.6) is 0 Å². The van der Waals surface area contributed by atoms with Gasteiger partial charge in [-0.1, -0.05) is 30.0 Å². The van der Waals surface area contributed by atoms with E-state index in [1.165, 1.54) is 24.6 Å². The molecule has 1 heterocycles. The van der Waals surface area contributed by atoms with E-state index in [0.717, 1.165) is 27.8 Å². The molecule has 1 fully saturated rings. The van der Waals surface area contributed by atoms with E-state index in [9.17, 15) is 4.79 Å². The van der Waals surface area contributed by atoms with Gasteiger partial charge < -0.3 is 9.88 Å². The zero-order valence-corrected chi connectivity index (χ0v) is 14.8. The lowest BCUT2D eigenvalue weighted by Crippen LogP contribution is -2.24. The molecule has 0 bridgehead atoms. The van der Waals surface area contributed by atoms with Crippen molar-refractivity contribution in [1.82, 2.24) is 14.8 Å². The first-order valence-corrected chi connectivity index (χ1v) is 8.80. The van der Waals surface area contributed by atoms with E-state index >= 15 is 0 Å². The van der Waals surface area contributed by atoms with Gasteiger partial charge in [-0.25, -0.2) is 0 Å². The SMILES string of the molecule is Cc1cccc(C)c1NC(=O)[C@H](C)Sc1nnc(C)n1C1CC1. The summed E-state index contributed by atoms with van der Waals surface area (Å²) in [5, 5.41) is 12.1. The van der Waals surface area contributed by atoms with Crippen LogP contribution in [-0.4, -0.2) is 25.9 Å². The average molecular weight is 330 g/mol. The third kappa shape index (κ3) is 3.42. The number of para-hydroxylation sites is 1. The van der Waals surface area contributed by atoms with Gasteiger partial charge in [0, 0.05) is 11.7 Å². The number of benzene rings is 1. The first-order valence-electron chi connectivity index (χ1n) is 7.92. The Labute approximate surface area is 140 Å². The molecule has 23 heavy (non-hydrogen) atoms. The summed E-state index contributed by atoms with van der Waals surface area (Å²) in [5.41, 5.74) is 3.06. The molecule has 1 atom stereocenters. The quantitative estimate of drug-likeness (QED) is 0.850. The van der Waals surface area contributed by atoms with E-state index in [-0.39, 0.29) is 11.2 Å². The van der Waals surface area contributed by atoms with Crippen LogP contribution in [0.2, 0.25) is 0 Å². The molecule has 0 unspecified atom stereocenters. The van der Waals surface area contributed by atoms with Gasteiger partial charge in [-0.05, 0) is 51.7 Å². The Morgan fingerprint density at radius 1 is 1.26 bits per heavy atom. The summed E-state index contributed by atoms with van der Waals surface area (Å²) in [6.07, 6.45) is 2.35. The number of aromatic nitrogens is 3. The maximum absolute atomic E-state index is 12.5. The summed E-state index contributed by atoms with van der Waals surface area (Å²) in [5.74, 6) is 0.924. The molecular weight excluding hydrogens is 308 g/mol. The number of anilines is 1. The molecule has 0 aliphatic heterocycles. The number of hydrogen-bond donors (Lipinski definition) is 1. The molecule has 1 N–H and O–H groups in total. The molecule has 5 nitrogen and oxygen atoms in total. The van der Waals surface area contributed by atoms with Gasteiger partial charge in [-0.2, -0.15) is 0 Å². The van der Waals surface area contributed by atoms with Crippen LogP contribution >= 0.6 is 11.8 Å². The molecule has 1 saturated carbocycles. The van der Waals surface area contributed by atoms with Crippen LogP contribution in [0, 0.1) is 20.8 Å². The lowest BCUT2D eigenvalue weighted by Gasteiger charge is -2.15. The van der Waals surface area contributed by atoms with Crippen LogP contribution in [0.15, 0.2) is 23.4 Å². The second-order valence-electron chi connectivity index (χ2n) is 6.15. The largest absolute Gasteiger partial charge is 0.325 e. The minimum atomic E-state index is -0.227. The Balaban J connectivity index is 1.71. The molecule has 1 amide bonds. The first-order chi connectivity index (χ1) is 11.0. The molecule has 122 valence electrons. The van der Waals surface area contributed by atoms with Crippen molar-refractivity contribution in [2.75, 3.05) is 5.32 Å². The predicted molar refractivity (Wildman–Crippen MR) is 92.9 cm³/mol. The fourth-order valence-electron chi connectivity index (χ4n) is 2.63. The van der Waals surface area contributed by atoms with Crippen LogP contribution in [-0.2, 0) is 4.79 Å². The van der Waals surface area contributed by atoms with Crippen molar-refractivity contribution in [1.29, 1.82) is 0 Å². The summed E-state index contributed by atoms with van der Waals surface area (Å²) < 4.78 is 2.16. The monoisotopic (exact) mass is 330 g/mol. The summed E-state index contributed by atoms with van der Waals surface area (Å²) in [6, 6.07) is 6.53. The molecule has 2 aromatic rings. The maximum atomic E-state index is 12.5. The van der Waals surface area contributed by atoms with Crippen LogP contribution in [0.4, 0.5) is 5.69 Å². The molecule has 0 spiro atoms. The van der Waals surface area contributed by atoms with Gasteiger partial charge in [0.05, 0.1) is 5.25 Å². The molecule has 0 saturated heterocycles. The second kappa shape index (κ2) is 6.35. The van der Waals surface area contributed by atoms with Crippen LogP contribution in [0.1, 0.15) is 42.8 Å². The summed E-state index contributed by atoms with van der Waals surface area (Å²) in [7, 11) is 0. The molecule has 1 aliphatic rings. The number of aryl methyl sites for hydroxylation is 3. The molecule has 0 radical (unpaired) electrons. The van der Waals surface area contributed by atoms with E-state index in [1.807, 2.05) is 45.9 Å². The lowest BCUT2D eigenvalue weighted by atomic mass is 10.1. The first kappa shape index (κ1) is 16.1. The predicted octanol–water partition coefficient (Wildman–Crippen LogP) is 3.66. The smallest absolute Gasteiger partial charge is 0.237 e. The van der Waals surface area contributed by atoms with Crippen LogP contribution < -0.4 is 5.32 Å². The number of hydrogen-bond acceptors (Lipinski definition) is 4. The van der Waals surface area contributed by atoms with Crippen LogP contribution in [0.25, 0.3) is 0 Å². The fourth-order valence-corrected chi connectivity index (χ4v) is 3.60. The van der Waals surface area contributed by atoms with E-state index < -0.39 is 0 Å². The van der Waals surface area contributed by atoms with Gasteiger partial charge in [0.15, 0.2) is 5.16 Å². The molecule has 1 aliphatic carbocycles. The summed E-state index contributed by atoms with van der Waals surface area (Å²) in [4.78, 5) is 12.5. The Bertz CT molecular complexity index is 716. The summed E-state index contributed by atoms with van der Waals surface area (Å²) in [6.45, 7) is 7.90. The minimum Gasteiger partial charge on any atom is -0.325 e. The Hall–Kier alpha value is -1.82. The normalized spacial score (nSPS) is 15.5. The number of carbonyl (C=O) groups excluding carboxylic acids is 1. The lowest BCUT2D eigenvalue weighted by molar-refractivity contribution is -0.115. The Morgan fingerprint density at radius 3 is 2.52 bits per heavy atom. The van der Waals surface area contributed by atoms with Crippen molar-refractivity contribution in [3.05, 3.63) is 35.2 Å². The van der Waals surface area contributed by atoms with Gasteiger partial charge in [-0.3, -0.25) is 4.79 Å². The number of amides is 1. The van der Waals surface area contributed by atoms with Gasteiger partial charge in [0.1, 0.15) is 5.82 Å². The van der Waals surface area contributed by atoms with Crippen LogP contribution in [0.3, 0.4) is 0 Å². The third-order valence-electron chi connectivity index (χ3n) is 4.13. The van der Waals surface area contributed by atoms with E-state index in [2.05, 4.69) is 20.1 Å². The fraction of sp³-hybridized carbons (Fsp3) is 0.471. The summed E-state index contributed by atoms with van der Waals surface area (Å²) >= 11 is 1.48. The number of rotatable bonds is 5. The molecular formula is C17H22N4OS. The zero-order chi connectivity index (χ0) is 16.6. The molecule has 1 aromatic heterocycles. The number of carbonyl (C=O) groups is 1. The number of thioether (sulfide) groups is 1. The van der Waals surface area contributed by atoms with Gasteiger partial charge >= 0.3 is 0 Å². The Kier molecular flexibility index (Phi) is 4.43. The highest BCUT2D eigenvalue weighted by atomic mass is 32.2. The zero-order valence-electron chi connectivity index (χ0n) is 14.0. The number of nitrogens with zero attached hydrogens (tertiary/aromatic N) is 3. The topological polar surface area (TPSA) is 59.8 Å². The number of nitrogens with one attached hydrogen (secondary N) is 1. The van der Waals surface area contributed by atoms with Crippen molar-refractivity contribution >= 4 is 23.4 Å². The molecule has 3 rings (SSSR count).